The Morgan fingerprint density at radius 3 is 2.19 bits per heavy atom. The van der Waals surface area contributed by atoms with E-state index < -0.39 is 48.7 Å². The third kappa shape index (κ3) is 11.6. The number of amides is 2. The first-order valence-corrected chi connectivity index (χ1v) is 16.2. The highest BCUT2D eigenvalue weighted by Gasteiger charge is 2.38. The van der Waals surface area contributed by atoms with Crippen molar-refractivity contribution in [1.82, 2.24) is 10.3 Å². The summed E-state index contributed by atoms with van der Waals surface area (Å²) in [5, 5.41) is 20.3. The van der Waals surface area contributed by atoms with E-state index in [1.54, 1.807) is 50.2 Å². The number of hydrogen-bond donors (Lipinski definition) is 6. The lowest BCUT2D eigenvalue weighted by Gasteiger charge is -2.17. The van der Waals surface area contributed by atoms with Crippen molar-refractivity contribution in [3.05, 3.63) is 83.2 Å². The van der Waals surface area contributed by atoms with Crippen LogP contribution in [-0.4, -0.2) is 78.3 Å². The number of aromatic nitrogens is 1. The molecule has 0 saturated heterocycles. The average Bonchev–Trinajstić information content (AvgIpc) is 3.97. The Bertz CT molecular complexity index is 1910. The number of nitrogens with two attached hydrogens (primary N) is 2. The molecule has 1 aromatic heterocycles. The van der Waals surface area contributed by atoms with Crippen LogP contribution in [0.25, 0.3) is 17.2 Å². The van der Waals surface area contributed by atoms with Gasteiger partial charge in [-0.05, 0) is 73.2 Å². The predicted octanol–water partition coefficient (Wildman–Crippen LogP) is 4.35. The molecule has 1 atom stereocenters. The van der Waals surface area contributed by atoms with Crippen molar-refractivity contribution in [1.29, 1.82) is 5.41 Å². The fraction of sp³-hybridized carbons (Fsp3) is 0.306. The van der Waals surface area contributed by atoms with Gasteiger partial charge in [0.05, 0.1) is 7.11 Å². The number of benzene rings is 2. The van der Waals surface area contributed by atoms with Gasteiger partial charge in [-0.2, -0.15) is 13.2 Å². The van der Waals surface area contributed by atoms with E-state index in [0.717, 1.165) is 12.8 Å². The van der Waals surface area contributed by atoms with Crippen LogP contribution in [0.5, 0.6) is 5.75 Å². The third-order valence-electron chi connectivity index (χ3n) is 7.77. The van der Waals surface area contributed by atoms with Crippen LogP contribution < -0.4 is 26.8 Å². The van der Waals surface area contributed by atoms with Gasteiger partial charge < -0.3 is 41.4 Å². The number of nitrogens with zero attached hydrogens (tertiary/aromatic N) is 1. The van der Waals surface area contributed by atoms with Gasteiger partial charge in [0.25, 0.3) is 11.8 Å². The van der Waals surface area contributed by atoms with E-state index in [1.807, 2.05) is 0 Å². The first-order chi connectivity index (χ1) is 25.4. The molecule has 1 saturated carbocycles. The van der Waals surface area contributed by atoms with Gasteiger partial charge in [-0.3, -0.25) is 19.8 Å². The van der Waals surface area contributed by atoms with Gasteiger partial charge in [-0.25, -0.2) is 14.6 Å². The zero-order valence-electron chi connectivity index (χ0n) is 29.4. The van der Waals surface area contributed by atoms with Gasteiger partial charge in [0.1, 0.15) is 23.3 Å². The first-order valence-electron chi connectivity index (χ1n) is 16.2. The number of alkyl halides is 3. The Morgan fingerprint density at radius 1 is 1.04 bits per heavy atom. The summed E-state index contributed by atoms with van der Waals surface area (Å²) >= 11 is 0. The average molecular weight is 757 g/mol. The zero-order chi connectivity index (χ0) is 40.3. The Kier molecular flexibility index (Phi) is 14.4. The van der Waals surface area contributed by atoms with Crippen molar-refractivity contribution in [3.8, 4) is 16.9 Å². The molecule has 0 bridgehead atoms. The van der Waals surface area contributed by atoms with Gasteiger partial charge in [0.15, 0.2) is 5.69 Å². The summed E-state index contributed by atoms with van der Waals surface area (Å²) in [6.45, 7) is 7.03. The molecule has 4 rings (SSSR count). The van der Waals surface area contributed by atoms with Crippen LogP contribution in [0.4, 0.5) is 18.9 Å². The van der Waals surface area contributed by atoms with Crippen LogP contribution in [0.2, 0.25) is 0 Å². The van der Waals surface area contributed by atoms with E-state index in [9.17, 15) is 32.3 Å². The summed E-state index contributed by atoms with van der Waals surface area (Å²) in [4.78, 5) is 65.7. The minimum atomic E-state index is -5.08. The number of hydrogen-bond acceptors (Lipinski definition) is 11. The summed E-state index contributed by atoms with van der Waals surface area (Å²) in [6.07, 6.45) is -1.52. The number of carboxylic acid groups (broad SMARTS) is 1. The van der Waals surface area contributed by atoms with E-state index in [-0.39, 0.29) is 39.8 Å². The summed E-state index contributed by atoms with van der Waals surface area (Å²) in [7, 11) is 1.44. The van der Waals surface area contributed by atoms with Gasteiger partial charge in [0.2, 0.25) is 6.79 Å². The van der Waals surface area contributed by atoms with Gasteiger partial charge >= 0.3 is 24.1 Å². The largest absolute Gasteiger partial charge is 0.496 e. The molecular weight excluding hydrogens is 717 g/mol. The number of carboxylic acids is 1. The molecule has 1 fully saturated rings. The maximum atomic E-state index is 13.7. The number of methoxy groups -OCH3 is 1. The second-order valence-electron chi connectivity index (χ2n) is 12.1. The second-order valence-corrected chi connectivity index (χ2v) is 12.1. The molecule has 2 amide bonds. The topological polar surface area (TPSA) is 246 Å². The van der Waals surface area contributed by atoms with Crippen LogP contribution in [-0.2, 0) is 19.1 Å². The molecule has 0 spiro atoms. The lowest BCUT2D eigenvalue weighted by molar-refractivity contribution is -0.192. The summed E-state index contributed by atoms with van der Waals surface area (Å²) in [5.74, 6) is -5.14. The number of amidine groups is 1. The summed E-state index contributed by atoms with van der Waals surface area (Å²) in [6, 6.07) is 11.5. The van der Waals surface area contributed by atoms with Crippen LogP contribution in [0, 0.1) is 17.2 Å². The molecule has 2 aromatic carbocycles. The highest BCUT2D eigenvalue weighted by atomic mass is 19.4. The van der Waals surface area contributed by atoms with E-state index in [1.165, 1.54) is 25.3 Å². The van der Waals surface area contributed by atoms with Crippen molar-refractivity contribution in [2.75, 3.05) is 25.8 Å². The van der Waals surface area contributed by atoms with Crippen molar-refractivity contribution in [3.63, 3.8) is 0 Å². The second kappa shape index (κ2) is 18.5. The highest BCUT2D eigenvalue weighted by molar-refractivity contribution is 6.11. The van der Waals surface area contributed by atoms with E-state index in [2.05, 4.69) is 22.2 Å². The molecule has 54 heavy (non-hydrogen) atoms. The quantitative estimate of drug-likeness (QED) is 0.0582. The van der Waals surface area contributed by atoms with Crippen molar-refractivity contribution >= 4 is 47.3 Å². The minimum absolute atomic E-state index is 0.0496. The van der Waals surface area contributed by atoms with Gasteiger partial charge in [-0.15, -0.1) is 0 Å². The Morgan fingerprint density at radius 2 is 1.67 bits per heavy atom. The van der Waals surface area contributed by atoms with Crippen LogP contribution in [0.3, 0.4) is 0 Å². The van der Waals surface area contributed by atoms with E-state index in [4.69, 9.17) is 41.0 Å². The summed E-state index contributed by atoms with van der Waals surface area (Å²) < 4.78 is 47.6. The molecule has 0 unspecified atom stereocenters. The van der Waals surface area contributed by atoms with Crippen LogP contribution in [0.15, 0.2) is 55.1 Å². The molecule has 18 heteroatoms. The molecule has 3 aromatic rings. The van der Waals surface area contributed by atoms with Crippen molar-refractivity contribution < 1.29 is 56.5 Å². The third-order valence-corrected chi connectivity index (χ3v) is 7.77. The standard InChI is InChI=1S/C34H38N6O7.C2HF3O2/c1-5-20-14-25(31(41)39-22-10-8-21(9-11-22)30(36)37)24(15-27(20)45-4)23-12-13-26(32(42)38-16-19-6-7-19)40-29(23)34(44)47-17-46-33(43)28(35)18(2)3;3-2(4,5)1(6)7/h5,8-15,18-19,28H,1,6-7,16-17,35H2,2-4H3,(H3,36,37)(H,38,42)(H,39,41);(H,6,7)/t28-;/m0./s1. The lowest BCUT2D eigenvalue weighted by Crippen LogP contribution is -2.37. The first kappa shape index (κ1) is 42.1. The molecule has 8 N–H and O–H groups in total. The Labute approximate surface area is 307 Å². The number of carbonyl (C=O) groups excluding carboxylic acids is 4. The fourth-order valence-electron chi connectivity index (χ4n) is 4.46. The number of esters is 2. The number of pyridine rings is 1. The molecule has 1 aliphatic rings. The van der Waals surface area contributed by atoms with Gasteiger partial charge in [-0.1, -0.05) is 26.5 Å². The van der Waals surface area contributed by atoms with Crippen molar-refractivity contribution in [2.45, 2.75) is 38.9 Å². The number of carbonyl (C=O) groups is 5. The fourth-order valence-corrected chi connectivity index (χ4v) is 4.46. The highest BCUT2D eigenvalue weighted by Crippen LogP contribution is 2.35. The monoisotopic (exact) mass is 756 g/mol. The predicted molar refractivity (Wildman–Crippen MR) is 190 cm³/mol. The van der Waals surface area contributed by atoms with Crippen LogP contribution >= 0.6 is 0 Å². The van der Waals surface area contributed by atoms with E-state index >= 15 is 0 Å². The smallest absolute Gasteiger partial charge is 0.490 e. The molecule has 1 aliphatic carbocycles. The number of ether oxygens (including phenoxy) is 3. The number of aliphatic carboxylic acids is 1. The molecule has 15 nitrogen and oxygen atoms in total. The number of nitrogens with one attached hydrogen (secondary N) is 3. The SMILES string of the molecule is C=Cc1cc(C(=O)Nc2ccc(C(=N)N)cc2)c(-c2ccc(C(=O)NCC3CC3)nc2C(=O)OCOC(=O)[C@@H](N)C(C)C)cc1OC.O=C(O)C(F)(F)F. The number of anilines is 1. The van der Waals surface area contributed by atoms with Gasteiger partial charge in [0, 0.05) is 40.0 Å². The lowest BCUT2D eigenvalue weighted by atomic mass is 9.94. The molecular formula is C36H39F3N6O9. The van der Waals surface area contributed by atoms with Crippen LogP contribution in [0.1, 0.15) is 69.2 Å². The zero-order valence-corrected chi connectivity index (χ0v) is 29.4. The maximum Gasteiger partial charge on any atom is 0.490 e. The van der Waals surface area contributed by atoms with Crippen molar-refractivity contribution in [2.24, 2.45) is 23.3 Å². The minimum Gasteiger partial charge on any atom is -0.496 e. The number of rotatable bonds is 14. The van der Waals surface area contributed by atoms with E-state index in [0.29, 0.717) is 35.0 Å². The molecule has 1 heterocycles. The number of halogens is 3. The Balaban J connectivity index is 0.00000102. The number of nitrogen functional groups attached to an aromatic ring is 1. The molecule has 0 radical (unpaired) electrons. The molecule has 0 aliphatic heterocycles. The normalized spacial score (nSPS) is 12.7. The maximum absolute atomic E-state index is 13.7. The summed E-state index contributed by atoms with van der Waals surface area (Å²) in [5.41, 5.74) is 12.9. The Hall–Kier alpha value is -6.30. The molecule has 288 valence electrons.